The van der Waals surface area contributed by atoms with Crippen molar-refractivity contribution in [3.8, 4) is 11.4 Å². The number of aromatic nitrogens is 4. The van der Waals surface area contributed by atoms with E-state index in [-0.39, 0.29) is 36.0 Å². The van der Waals surface area contributed by atoms with Gasteiger partial charge in [0.15, 0.2) is 9.84 Å². The van der Waals surface area contributed by atoms with Crippen molar-refractivity contribution in [2.24, 2.45) is 0 Å². The van der Waals surface area contributed by atoms with Gasteiger partial charge in [-0.1, -0.05) is 43.5 Å². The fourth-order valence-electron chi connectivity index (χ4n) is 4.50. The van der Waals surface area contributed by atoms with Crippen LogP contribution in [-0.4, -0.2) is 63.0 Å². The number of hydrogen-bond acceptors (Lipinski definition) is 6. The van der Waals surface area contributed by atoms with E-state index in [1.807, 2.05) is 36.1 Å². The quantitative estimate of drug-likeness (QED) is 0.738. The van der Waals surface area contributed by atoms with Gasteiger partial charge in [0.25, 0.3) is 0 Å². The van der Waals surface area contributed by atoms with Crippen molar-refractivity contribution >= 4 is 15.7 Å². The Kier molecular flexibility index (Phi) is 5.67. The molecule has 156 valence electrons. The smallest absolute Gasteiger partial charge is 0.246 e. The molecule has 0 radical (unpaired) electrons. The molecule has 4 rings (SSSR count). The van der Waals surface area contributed by atoms with Crippen molar-refractivity contribution in [1.82, 2.24) is 25.1 Å². The maximum Gasteiger partial charge on any atom is 0.246 e. The lowest BCUT2D eigenvalue weighted by atomic mass is 9.93. The zero-order valence-corrected chi connectivity index (χ0v) is 17.5. The molecule has 2 aliphatic rings. The third-order valence-electron chi connectivity index (χ3n) is 5.97. The number of benzene rings is 1. The summed E-state index contributed by atoms with van der Waals surface area (Å²) < 4.78 is 24.0. The van der Waals surface area contributed by atoms with Gasteiger partial charge < -0.3 is 4.90 Å². The molecule has 2 fully saturated rings. The Hall–Kier alpha value is -2.29. The highest BCUT2D eigenvalue weighted by molar-refractivity contribution is 7.91. The lowest BCUT2D eigenvalue weighted by molar-refractivity contribution is -0.137. The van der Waals surface area contributed by atoms with Crippen LogP contribution in [0.4, 0.5) is 0 Å². The molecule has 1 saturated carbocycles. The van der Waals surface area contributed by atoms with E-state index < -0.39 is 9.84 Å². The fraction of sp³-hybridized carbons (Fsp3) is 0.600. The molecule has 1 aliphatic carbocycles. The van der Waals surface area contributed by atoms with Crippen LogP contribution >= 0.6 is 0 Å². The molecule has 2 aromatic rings. The molecule has 1 unspecified atom stereocenters. The van der Waals surface area contributed by atoms with Gasteiger partial charge >= 0.3 is 0 Å². The molecule has 1 aromatic carbocycles. The van der Waals surface area contributed by atoms with Crippen LogP contribution in [0, 0.1) is 6.92 Å². The Morgan fingerprint density at radius 3 is 2.59 bits per heavy atom. The van der Waals surface area contributed by atoms with E-state index in [1.165, 1.54) is 11.2 Å². The number of tetrazole rings is 1. The highest BCUT2D eigenvalue weighted by Gasteiger charge is 2.38. The van der Waals surface area contributed by atoms with E-state index in [0.29, 0.717) is 12.2 Å². The van der Waals surface area contributed by atoms with Crippen molar-refractivity contribution in [3.05, 3.63) is 29.8 Å². The molecule has 0 bridgehead atoms. The summed E-state index contributed by atoms with van der Waals surface area (Å²) in [6.07, 6.45) is 5.71. The second-order valence-electron chi connectivity index (χ2n) is 8.11. The summed E-state index contributed by atoms with van der Waals surface area (Å²) in [6, 6.07) is 7.64. The van der Waals surface area contributed by atoms with Crippen LogP contribution < -0.4 is 0 Å². The standard InChI is InChI=1S/C20H27N5O3S/c1-15-7-5-6-10-18(15)20-21-23-24(22-20)13-19(26)25(16-8-3-2-4-9-16)17-11-12-29(27,28)14-17/h5-7,10,16-17H,2-4,8-9,11-14H2,1H3. The lowest BCUT2D eigenvalue weighted by Crippen LogP contribution is -2.50. The van der Waals surface area contributed by atoms with Crippen molar-refractivity contribution < 1.29 is 13.2 Å². The van der Waals surface area contributed by atoms with Gasteiger partial charge in [-0.2, -0.15) is 4.80 Å². The van der Waals surface area contributed by atoms with Crippen LogP contribution in [0.5, 0.6) is 0 Å². The van der Waals surface area contributed by atoms with Crippen LogP contribution in [0.25, 0.3) is 11.4 Å². The maximum atomic E-state index is 13.2. The molecule has 9 heteroatoms. The maximum absolute atomic E-state index is 13.2. The van der Waals surface area contributed by atoms with E-state index in [1.54, 1.807) is 0 Å². The van der Waals surface area contributed by atoms with Crippen LogP contribution in [0.15, 0.2) is 24.3 Å². The van der Waals surface area contributed by atoms with Gasteiger partial charge in [-0.3, -0.25) is 4.79 Å². The number of amides is 1. The second kappa shape index (κ2) is 8.22. The third-order valence-corrected chi connectivity index (χ3v) is 7.72. The number of hydrogen-bond donors (Lipinski definition) is 0. The van der Waals surface area contributed by atoms with Crippen molar-refractivity contribution in [1.29, 1.82) is 0 Å². The molecule has 0 spiro atoms. The molecule has 1 amide bonds. The molecular weight excluding hydrogens is 390 g/mol. The van der Waals surface area contributed by atoms with Gasteiger partial charge in [-0.15, -0.1) is 10.2 Å². The van der Waals surface area contributed by atoms with Gasteiger partial charge in [0.2, 0.25) is 11.7 Å². The zero-order valence-electron chi connectivity index (χ0n) is 16.7. The summed E-state index contributed by atoms with van der Waals surface area (Å²) in [5, 5.41) is 12.6. The molecule has 1 atom stereocenters. The Balaban J connectivity index is 1.53. The first-order valence-electron chi connectivity index (χ1n) is 10.3. The number of nitrogens with zero attached hydrogens (tertiary/aromatic N) is 5. The highest BCUT2D eigenvalue weighted by atomic mass is 32.2. The number of rotatable bonds is 5. The monoisotopic (exact) mass is 417 g/mol. The predicted octanol–water partition coefficient (Wildman–Crippen LogP) is 2.00. The molecule has 8 nitrogen and oxygen atoms in total. The second-order valence-corrected chi connectivity index (χ2v) is 10.3. The Morgan fingerprint density at radius 1 is 1.14 bits per heavy atom. The van der Waals surface area contributed by atoms with Crippen LogP contribution in [0.1, 0.15) is 44.1 Å². The summed E-state index contributed by atoms with van der Waals surface area (Å²) in [7, 11) is -3.07. The minimum Gasteiger partial charge on any atom is -0.334 e. The molecule has 1 aliphatic heterocycles. The Labute approximate surface area is 171 Å². The van der Waals surface area contributed by atoms with Crippen LogP contribution in [-0.2, 0) is 21.2 Å². The highest BCUT2D eigenvalue weighted by Crippen LogP contribution is 2.28. The fourth-order valence-corrected chi connectivity index (χ4v) is 6.22. The minimum absolute atomic E-state index is 0.0219. The first-order chi connectivity index (χ1) is 13.9. The van der Waals surface area contributed by atoms with Gasteiger partial charge in [0, 0.05) is 17.6 Å². The topological polar surface area (TPSA) is 98.0 Å². The van der Waals surface area contributed by atoms with E-state index in [0.717, 1.165) is 36.8 Å². The van der Waals surface area contributed by atoms with E-state index in [9.17, 15) is 13.2 Å². The van der Waals surface area contributed by atoms with Gasteiger partial charge in [-0.25, -0.2) is 8.42 Å². The number of carbonyl (C=O) groups is 1. The zero-order chi connectivity index (χ0) is 20.4. The van der Waals surface area contributed by atoms with Crippen LogP contribution in [0.2, 0.25) is 0 Å². The summed E-state index contributed by atoms with van der Waals surface area (Å²) in [5.41, 5.74) is 1.93. The number of aryl methyl sites for hydroxylation is 1. The van der Waals surface area contributed by atoms with E-state index >= 15 is 0 Å². The first-order valence-corrected chi connectivity index (χ1v) is 12.1. The van der Waals surface area contributed by atoms with Gasteiger partial charge in [0.05, 0.1) is 11.5 Å². The molecular formula is C20H27N5O3S. The normalized spacial score (nSPS) is 21.9. The number of carbonyl (C=O) groups excluding carboxylic acids is 1. The largest absolute Gasteiger partial charge is 0.334 e. The summed E-state index contributed by atoms with van der Waals surface area (Å²) in [5.74, 6) is 0.595. The Morgan fingerprint density at radius 2 is 1.90 bits per heavy atom. The predicted molar refractivity (Wildman–Crippen MR) is 109 cm³/mol. The SMILES string of the molecule is Cc1ccccc1-c1nnn(CC(=O)N(C2CCCCC2)C2CCS(=O)(=O)C2)n1. The Bertz CT molecular complexity index is 982. The van der Waals surface area contributed by atoms with Crippen molar-refractivity contribution in [2.45, 2.75) is 64.1 Å². The first kappa shape index (κ1) is 20.0. The number of sulfone groups is 1. The van der Waals surface area contributed by atoms with Crippen LogP contribution in [0.3, 0.4) is 0 Å². The average Bonchev–Trinajstić information content (AvgIpc) is 3.29. The summed E-state index contributed by atoms with van der Waals surface area (Å²) in [4.78, 5) is 16.4. The molecule has 29 heavy (non-hydrogen) atoms. The van der Waals surface area contributed by atoms with Crippen molar-refractivity contribution in [3.63, 3.8) is 0 Å². The summed E-state index contributed by atoms with van der Waals surface area (Å²) in [6.45, 7) is 1.96. The molecule has 1 aromatic heterocycles. The average molecular weight is 418 g/mol. The lowest BCUT2D eigenvalue weighted by Gasteiger charge is -2.38. The summed E-state index contributed by atoms with van der Waals surface area (Å²) >= 11 is 0. The molecule has 1 saturated heterocycles. The van der Waals surface area contributed by atoms with Gasteiger partial charge in [-0.05, 0) is 37.0 Å². The van der Waals surface area contributed by atoms with E-state index in [2.05, 4.69) is 15.4 Å². The van der Waals surface area contributed by atoms with Crippen molar-refractivity contribution in [2.75, 3.05) is 11.5 Å². The molecule has 2 heterocycles. The third kappa shape index (κ3) is 4.49. The van der Waals surface area contributed by atoms with Gasteiger partial charge in [0.1, 0.15) is 6.54 Å². The van der Waals surface area contributed by atoms with E-state index in [4.69, 9.17) is 0 Å². The molecule has 0 N–H and O–H groups in total. The minimum atomic E-state index is -3.07.